The first-order chi connectivity index (χ1) is 9.47. The van der Waals surface area contributed by atoms with Crippen LogP contribution in [-0.2, 0) is 4.79 Å². The molecule has 0 atom stereocenters. The molecule has 0 aliphatic carbocycles. The molecule has 0 radical (unpaired) electrons. The summed E-state index contributed by atoms with van der Waals surface area (Å²) in [6.45, 7) is 3.77. The van der Waals surface area contributed by atoms with Gasteiger partial charge in [0.15, 0.2) is 0 Å². The van der Waals surface area contributed by atoms with Gasteiger partial charge >= 0.3 is 0 Å². The molecule has 1 rings (SSSR count). The fourth-order valence-electron chi connectivity index (χ4n) is 2.24. The molecule has 20 heavy (non-hydrogen) atoms. The van der Waals surface area contributed by atoms with Crippen LogP contribution in [0.4, 0.5) is 14.5 Å². The number of halogens is 2. The zero-order valence-corrected chi connectivity index (χ0v) is 11.7. The van der Waals surface area contributed by atoms with Crippen LogP contribution in [0.15, 0.2) is 18.2 Å². The molecule has 0 saturated heterocycles. The molecule has 1 aromatic rings. The largest absolute Gasteiger partial charge is 0.324 e. The third-order valence-corrected chi connectivity index (χ3v) is 3.12. The van der Waals surface area contributed by atoms with E-state index in [0.29, 0.717) is 25.7 Å². The summed E-state index contributed by atoms with van der Waals surface area (Å²) in [5.74, 6) is -2.05. The molecule has 3 nitrogen and oxygen atoms in total. The first kappa shape index (κ1) is 16.1. The third-order valence-electron chi connectivity index (χ3n) is 3.12. The molecule has 1 amide bonds. The molecule has 0 unspecified atom stereocenters. The maximum atomic E-state index is 13.1. The summed E-state index contributed by atoms with van der Waals surface area (Å²) in [5.41, 5.74) is -1.12. The van der Waals surface area contributed by atoms with Crippen molar-refractivity contribution in [2.24, 2.45) is 5.41 Å². The lowest BCUT2D eigenvalue weighted by molar-refractivity contribution is -0.123. The Morgan fingerprint density at radius 1 is 1.20 bits per heavy atom. The number of nitrogens with zero attached hydrogens (tertiary/aromatic N) is 1. The fourth-order valence-corrected chi connectivity index (χ4v) is 2.24. The Morgan fingerprint density at radius 2 is 1.70 bits per heavy atom. The van der Waals surface area contributed by atoms with Gasteiger partial charge in [0.1, 0.15) is 17.0 Å². The lowest BCUT2D eigenvalue weighted by atomic mass is 9.79. The summed E-state index contributed by atoms with van der Waals surface area (Å²) >= 11 is 0. The van der Waals surface area contributed by atoms with Crippen LogP contribution in [0, 0.1) is 28.4 Å². The van der Waals surface area contributed by atoms with Gasteiger partial charge in [0.05, 0.1) is 6.07 Å². The Bertz CT molecular complexity index is 497. The van der Waals surface area contributed by atoms with E-state index in [4.69, 9.17) is 0 Å². The molecule has 0 saturated carbocycles. The van der Waals surface area contributed by atoms with Gasteiger partial charge in [0, 0.05) is 11.8 Å². The average Bonchev–Trinajstić information content (AvgIpc) is 2.36. The quantitative estimate of drug-likeness (QED) is 0.855. The second-order valence-corrected chi connectivity index (χ2v) is 4.81. The Kier molecular flexibility index (Phi) is 5.63. The standard InChI is InChI=1S/C15H18F2N2O/c1-3-5-15(10-18,6-4-2)14(20)19-13-8-11(16)7-12(17)9-13/h7-9H,3-6H2,1-2H3,(H,19,20). The molecule has 0 spiro atoms. The van der Waals surface area contributed by atoms with E-state index in [1.54, 1.807) is 0 Å². The highest BCUT2D eigenvalue weighted by atomic mass is 19.1. The number of anilines is 1. The Hall–Kier alpha value is -1.96. The van der Waals surface area contributed by atoms with Crippen molar-refractivity contribution in [1.29, 1.82) is 5.26 Å². The normalized spacial score (nSPS) is 10.9. The minimum Gasteiger partial charge on any atom is -0.324 e. The molecule has 0 heterocycles. The molecular weight excluding hydrogens is 262 g/mol. The second-order valence-electron chi connectivity index (χ2n) is 4.81. The van der Waals surface area contributed by atoms with Gasteiger partial charge in [-0.05, 0) is 25.0 Å². The van der Waals surface area contributed by atoms with Gasteiger partial charge in [-0.1, -0.05) is 26.7 Å². The van der Waals surface area contributed by atoms with Gasteiger partial charge in [0.2, 0.25) is 5.91 Å². The molecule has 0 bridgehead atoms. The van der Waals surface area contributed by atoms with Crippen molar-refractivity contribution in [2.45, 2.75) is 39.5 Å². The van der Waals surface area contributed by atoms with E-state index in [2.05, 4.69) is 11.4 Å². The maximum Gasteiger partial charge on any atom is 0.244 e. The molecule has 0 aliphatic rings. The van der Waals surface area contributed by atoms with Crippen LogP contribution in [-0.4, -0.2) is 5.91 Å². The van der Waals surface area contributed by atoms with Gasteiger partial charge in [-0.25, -0.2) is 8.78 Å². The van der Waals surface area contributed by atoms with Gasteiger partial charge in [-0.15, -0.1) is 0 Å². The van der Waals surface area contributed by atoms with Gasteiger partial charge in [-0.3, -0.25) is 4.79 Å². The van der Waals surface area contributed by atoms with Gasteiger partial charge < -0.3 is 5.32 Å². The van der Waals surface area contributed by atoms with E-state index in [1.165, 1.54) is 0 Å². The Balaban J connectivity index is 2.99. The highest BCUT2D eigenvalue weighted by molar-refractivity contribution is 5.97. The number of nitrogens with one attached hydrogen (secondary N) is 1. The molecule has 108 valence electrons. The highest BCUT2D eigenvalue weighted by Crippen LogP contribution is 2.31. The molecule has 0 aromatic heterocycles. The van der Waals surface area contributed by atoms with E-state index < -0.39 is 23.0 Å². The highest BCUT2D eigenvalue weighted by Gasteiger charge is 2.37. The first-order valence-corrected chi connectivity index (χ1v) is 6.66. The summed E-state index contributed by atoms with van der Waals surface area (Å²) in [6, 6.07) is 4.85. The number of amides is 1. The van der Waals surface area contributed by atoms with Crippen LogP contribution in [0.25, 0.3) is 0 Å². The third kappa shape index (κ3) is 3.77. The molecule has 1 N–H and O–H groups in total. The molecule has 1 aromatic carbocycles. The number of benzene rings is 1. The molecule has 5 heteroatoms. The zero-order chi connectivity index (χ0) is 15.2. The monoisotopic (exact) mass is 280 g/mol. The summed E-state index contributed by atoms with van der Waals surface area (Å²) in [7, 11) is 0. The predicted octanol–water partition coefficient (Wildman–Crippen LogP) is 4.01. The Morgan fingerprint density at radius 3 is 2.10 bits per heavy atom. The number of carbonyl (C=O) groups is 1. The van der Waals surface area contributed by atoms with Crippen LogP contribution in [0.2, 0.25) is 0 Å². The van der Waals surface area contributed by atoms with E-state index >= 15 is 0 Å². The van der Waals surface area contributed by atoms with Crippen LogP contribution in [0.1, 0.15) is 39.5 Å². The maximum absolute atomic E-state index is 13.1. The summed E-state index contributed by atoms with van der Waals surface area (Å²) in [6.07, 6.45) is 2.19. The first-order valence-electron chi connectivity index (χ1n) is 6.66. The number of rotatable bonds is 6. The van der Waals surface area contributed by atoms with Gasteiger partial charge in [0.25, 0.3) is 0 Å². The fraction of sp³-hybridized carbons (Fsp3) is 0.467. The topological polar surface area (TPSA) is 52.9 Å². The zero-order valence-electron chi connectivity index (χ0n) is 11.7. The summed E-state index contributed by atoms with van der Waals surface area (Å²) in [5, 5.41) is 11.8. The Labute approximate surface area is 117 Å². The van der Waals surface area contributed by atoms with Crippen LogP contribution in [0.3, 0.4) is 0 Å². The lowest BCUT2D eigenvalue weighted by Gasteiger charge is -2.24. The van der Waals surface area contributed by atoms with Crippen molar-refractivity contribution in [3.05, 3.63) is 29.8 Å². The summed E-state index contributed by atoms with van der Waals surface area (Å²) < 4.78 is 26.2. The van der Waals surface area contributed by atoms with Gasteiger partial charge in [-0.2, -0.15) is 5.26 Å². The number of carbonyl (C=O) groups excluding carboxylic acids is 1. The van der Waals surface area contributed by atoms with Crippen LogP contribution in [0.5, 0.6) is 0 Å². The van der Waals surface area contributed by atoms with Crippen molar-refractivity contribution in [3.63, 3.8) is 0 Å². The van der Waals surface area contributed by atoms with Crippen molar-refractivity contribution in [3.8, 4) is 6.07 Å². The van der Waals surface area contributed by atoms with E-state index in [9.17, 15) is 18.8 Å². The molecule has 0 aliphatic heterocycles. The summed E-state index contributed by atoms with van der Waals surface area (Å²) in [4.78, 5) is 12.3. The predicted molar refractivity (Wildman–Crippen MR) is 72.8 cm³/mol. The van der Waals surface area contributed by atoms with Crippen molar-refractivity contribution in [2.75, 3.05) is 5.32 Å². The smallest absolute Gasteiger partial charge is 0.244 e. The van der Waals surface area contributed by atoms with Crippen molar-refractivity contribution >= 4 is 11.6 Å². The van der Waals surface area contributed by atoms with E-state index in [-0.39, 0.29) is 5.69 Å². The minimum absolute atomic E-state index is 0.0272. The molecular formula is C15H18F2N2O. The number of hydrogen-bond donors (Lipinski definition) is 1. The van der Waals surface area contributed by atoms with Crippen LogP contribution < -0.4 is 5.32 Å². The van der Waals surface area contributed by atoms with E-state index in [0.717, 1.165) is 18.2 Å². The van der Waals surface area contributed by atoms with Crippen LogP contribution >= 0.6 is 0 Å². The SMILES string of the molecule is CCCC(C#N)(CCC)C(=O)Nc1cc(F)cc(F)c1. The van der Waals surface area contributed by atoms with Crippen molar-refractivity contribution < 1.29 is 13.6 Å². The minimum atomic E-state index is -1.15. The van der Waals surface area contributed by atoms with Crippen molar-refractivity contribution in [1.82, 2.24) is 0 Å². The molecule has 0 fully saturated rings. The number of hydrogen-bond acceptors (Lipinski definition) is 2. The average molecular weight is 280 g/mol. The number of nitriles is 1. The lowest BCUT2D eigenvalue weighted by Crippen LogP contribution is -2.35. The van der Waals surface area contributed by atoms with E-state index in [1.807, 2.05) is 13.8 Å². The second kappa shape index (κ2) is 6.99.